The van der Waals surface area contributed by atoms with Crippen molar-refractivity contribution < 1.29 is 10.2 Å². The van der Waals surface area contributed by atoms with E-state index in [1.54, 1.807) is 24.8 Å². The van der Waals surface area contributed by atoms with Crippen LogP contribution in [-0.4, -0.2) is 20.2 Å². The lowest BCUT2D eigenvalue weighted by Gasteiger charge is -2.44. The van der Waals surface area contributed by atoms with E-state index < -0.39 is 17.6 Å². The minimum absolute atomic E-state index is 0.565. The first kappa shape index (κ1) is 15.1. The highest BCUT2D eigenvalue weighted by Crippen LogP contribution is 2.53. The summed E-state index contributed by atoms with van der Waals surface area (Å²) < 4.78 is 0. The molecule has 2 aromatic heterocycles. The van der Waals surface area contributed by atoms with Crippen LogP contribution < -0.4 is 0 Å². The van der Waals surface area contributed by atoms with E-state index in [1.807, 2.05) is 24.3 Å². The van der Waals surface area contributed by atoms with Gasteiger partial charge in [0.2, 0.25) is 0 Å². The molecule has 0 amide bonds. The van der Waals surface area contributed by atoms with Gasteiger partial charge >= 0.3 is 0 Å². The van der Waals surface area contributed by atoms with Crippen LogP contribution in [0.5, 0.6) is 0 Å². The van der Waals surface area contributed by atoms with Crippen molar-refractivity contribution in [1.29, 1.82) is 0 Å². The molecule has 1 aliphatic rings. The predicted molar refractivity (Wildman–Crippen MR) is 83.9 cm³/mol. The van der Waals surface area contributed by atoms with Crippen LogP contribution in [0.1, 0.15) is 55.4 Å². The van der Waals surface area contributed by atoms with E-state index in [2.05, 4.69) is 9.97 Å². The van der Waals surface area contributed by atoms with Gasteiger partial charge in [0.05, 0.1) is 12.2 Å². The summed E-state index contributed by atoms with van der Waals surface area (Å²) in [6.07, 6.45) is 10.1. The van der Waals surface area contributed by atoms with Gasteiger partial charge in [-0.15, -0.1) is 0 Å². The van der Waals surface area contributed by atoms with Crippen LogP contribution >= 0.6 is 0 Å². The van der Waals surface area contributed by atoms with Gasteiger partial charge in [-0.2, -0.15) is 0 Å². The molecule has 0 bridgehead atoms. The van der Waals surface area contributed by atoms with Crippen LogP contribution in [0.4, 0.5) is 0 Å². The fraction of sp³-hybridized carbons (Fsp3) is 0.444. The second-order valence-corrected chi connectivity index (χ2v) is 6.17. The second-order valence-electron chi connectivity index (χ2n) is 6.17. The highest BCUT2D eigenvalue weighted by atomic mass is 16.3. The molecule has 1 aliphatic carbocycles. The van der Waals surface area contributed by atoms with Crippen LogP contribution in [0.15, 0.2) is 49.1 Å². The first-order valence-corrected chi connectivity index (χ1v) is 7.90. The maximum atomic E-state index is 11.0. The number of aliphatic hydroxyl groups excluding tert-OH is 2. The Labute approximate surface area is 130 Å². The maximum Gasteiger partial charge on any atom is 0.0889 e. The highest BCUT2D eigenvalue weighted by Gasteiger charge is 2.46. The largest absolute Gasteiger partial charge is 0.388 e. The summed E-state index contributed by atoms with van der Waals surface area (Å²) >= 11 is 0. The fourth-order valence-corrected chi connectivity index (χ4v) is 3.65. The Kier molecular flexibility index (Phi) is 4.50. The molecule has 1 saturated carbocycles. The summed E-state index contributed by atoms with van der Waals surface area (Å²) in [5.74, 6) is 0. The van der Waals surface area contributed by atoms with E-state index >= 15 is 0 Å². The van der Waals surface area contributed by atoms with Crippen molar-refractivity contribution in [2.75, 3.05) is 0 Å². The van der Waals surface area contributed by atoms with Crippen molar-refractivity contribution in [3.8, 4) is 0 Å². The quantitative estimate of drug-likeness (QED) is 0.909. The minimum Gasteiger partial charge on any atom is -0.388 e. The smallest absolute Gasteiger partial charge is 0.0889 e. The molecule has 0 aromatic carbocycles. The number of hydrogen-bond donors (Lipinski definition) is 2. The number of aliphatic hydroxyl groups is 2. The summed E-state index contributed by atoms with van der Waals surface area (Å²) in [5.41, 5.74) is 0.976. The molecule has 0 saturated heterocycles. The van der Waals surface area contributed by atoms with Crippen molar-refractivity contribution >= 4 is 0 Å². The number of hydrogen-bond acceptors (Lipinski definition) is 4. The first-order chi connectivity index (χ1) is 10.7. The molecule has 4 nitrogen and oxygen atoms in total. The van der Waals surface area contributed by atoms with Crippen molar-refractivity contribution in [1.82, 2.24) is 9.97 Å². The highest BCUT2D eigenvalue weighted by molar-refractivity contribution is 5.22. The molecule has 22 heavy (non-hydrogen) atoms. The average Bonchev–Trinajstić information content (AvgIpc) is 2.62. The van der Waals surface area contributed by atoms with Crippen LogP contribution in [-0.2, 0) is 0 Å². The summed E-state index contributed by atoms with van der Waals surface area (Å²) in [6, 6.07) is 7.41. The Morgan fingerprint density at radius 1 is 0.818 bits per heavy atom. The Balaban J connectivity index is 1.98. The van der Waals surface area contributed by atoms with E-state index in [9.17, 15) is 10.2 Å². The van der Waals surface area contributed by atoms with E-state index in [1.165, 1.54) is 0 Å². The molecular formula is C18H22N2O2. The molecule has 0 spiro atoms. The molecule has 2 N–H and O–H groups in total. The second kappa shape index (κ2) is 6.55. The average molecular weight is 298 g/mol. The van der Waals surface area contributed by atoms with Gasteiger partial charge in [0.15, 0.2) is 0 Å². The number of pyridine rings is 2. The molecule has 2 atom stereocenters. The summed E-state index contributed by atoms with van der Waals surface area (Å²) in [5, 5.41) is 22.0. The molecule has 116 valence electrons. The zero-order valence-corrected chi connectivity index (χ0v) is 12.6. The number of aromatic nitrogens is 2. The summed E-state index contributed by atoms with van der Waals surface area (Å²) in [6.45, 7) is 0. The molecule has 0 radical (unpaired) electrons. The van der Waals surface area contributed by atoms with Gasteiger partial charge in [-0.1, -0.05) is 31.4 Å². The van der Waals surface area contributed by atoms with Gasteiger partial charge in [0.1, 0.15) is 0 Å². The van der Waals surface area contributed by atoms with E-state index in [-0.39, 0.29) is 0 Å². The standard InChI is InChI=1S/C18H22N2O2/c21-16(14-6-4-10-19-12-14)18(8-2-1-3-9-18)17(22)15-7-5-11-20-13-15/h4-7,10-13,16-17,21-22H,1-3,8-9H2. The van der Waals surface area contributed by atoms with Crippen molar-refractivity contribution in [2.24, 2.45) is 5.41 Å². The Bertz CT molecular complexity index is 535. The molecule has 0 aliphatic heterocycles. The monoisotopic (exact) mass is 298 g/mol. The lowest BCUT2D eigenvalue weighted by atomic mass is 9.64. The summed E-state index contributed by atoms with van der Waals surface area (Å²) in [7, 11) is 0. The van der Waals surface area contributed by atoms with Gasteiger partial charge in [-0.3, -0.25) is 9.97 Å². The summed E-state index contributed by atoms with van der Waals surface area (Å²) in [4.78, 5) is 8.22. The number of nitrogens with zero attached hydrogens (tertiary/aromatic N) is 2. The van der Waals surface area contributed by atoms with Gasteiger partial charge in [-0.25, -0.2) is 0 Å². The van der Waals surface area contributed by atoms with Crippen LogP contribution in [0.3, 0.4) is 0 Å². The Hall–Kier alpha value is -1.78. The van der Waals surface area contributed by atoms with E-state index in [4.69, 9.17) is 0 Å². The van der Waals surface area contributed by atoms with Crippen LogP contribution in [0.2, 0.25) is 0 Å². The zero-order valence-electron chi connectivity index (χ0n) is 12.6. The van der Waals surface area contributed by atoms with E-state index in [0.717, 1.165) is 43.2 Å². The molecule has 3 rings (SSSR count). The molecule has 1 fully saturated rings. The van der Waals surface area contributed by atoms with Gasteiger partial charge in [0, 0.05) is 30.2 Å². The maximum absolute atomic E-state index is 11.0. The fourth-order valence-electron chi connectivity index (χ4n) is 3.65. The number of rotatable bonds is 4. The zero-order chi connectivity index (χ0) is 15.4. The molecule has 2 unspecified atom stereocenters. The third-order valence-electron chi connectivity index (χ3n) is 4.87. The molecule has 2 heterocycles. The minimum atomic E-state index is -0.725. The first-order valence-electron chi connectivity index (χ1n) is 7.90. The van der Waals surface area contributed by atoms with E-state index in [0.29, 0.717) is 0 Å². The molecular weight excluding hydrogens is 276 g/mol. The lowest BCUT2D eigenvalue weighted by Crippen LogP contribution is -2.37. The van der Waals surface area contributed by atoms with Crippen molar-refractivity contribution in [2.45, 2.75) is 44.3 Å². The lowest BCUT2D eigenvalue weighted by molar-refractivity contribution is -0.0975. The topological polar surface area (TPSA) is 66.2 Å². The SMILES string of the molecule is OC(c1cccnc1)C1(C(O)c2cccnc2)CCCCC1. The van der Waals surface area contributed by atoms with Crippen LogP contribution in [0.25, 0.3) is 0 Å². The third kappa shape index (κ3) is 2.76. The Morgan fingerprint density at radius 2 is 1.32 bits per heavy atom. The Morgan fingerprint density at radius 3 is 1.73 bits per heavy atom. The van der Waals surface area contributed by atoms with Gasteiger partial charge < -0.3 is 10.2 Å². The van der Waals surface area contributed by atoms with Gasteiger partial charge in [0.25, 0.3) is 0 Å². The third-order valence-corrected chi connectivity index (χ3v) is 4.87. The van der Waals surface area contributed by atoms with Crippen LogP contribution in [0, 0.1) is 5.41 Å². The van der Waals surface area contributed by atoms with Crippen molar-refractivity contribution in [3.05, 3.63) is 60.2 Å². The molecule has 2 aromatic rings. The van der Waals surface area contributed by atoms with Gasteiger partial charge in [-0.05, 0) is 36.1 Å². The predicted octanol–water partition coefficient (Wildman–Crippen LogP) is 3.19. The van der Waals surface area contributed by atoms with Crippen molar-refractivity contribution in [3.63, 3.8) is 0 Å². The normalized spacial score (nSPS) is 20.3. The molecule has 4 heteroatoms.